The number of fused-ring (bicyclic) bond motifs is 2. The maximum atomic E-state index is 11.8. The number of benzene rings is 2. The maximum Gasteiger partial charge on any atom is 0.223 e. The number of hydrogen-bond acceptors (Lipinski definition) is 4. The molecule has 0 spiro atoms. The molecule has 0 aliphatic carbocycles. The molecule has 0 atom stereocenters. The molecule has 1 aliphatic rings. The van der Waals surface area contributed by atoms with Crippen molar-refractivity contribution in [2.45, 2.75) is 26.4 Å². The van der Waals surface area contributed by atoms with Crippen LogP contribution in [0.4, 0.5) is 5.69 Å². The van der Waals surface area contributed by atoms with Gasteiger partial charge in [0.1, 0.15) is 17.4 Å². The Morgan fingerprint density at radius 3 is 3.00 bits per heavy atom. The summed E-state index contributed by atoms with van der Waals surface area (Å²) in [5, 5.41) is 0.956. The third-order valence-electron chi connectivity index (χ3n) is 4.26. The predicted molar refractivity (Wildman–Crippen MR) is 96.7 cm³/mol. The number of hydrogen-bond donors (Lipinski definition) is 0. The van der Waals surface area contributed by atoms with Crippen LogP contribution in [0, 0.1) is 0 Å². The molecule has 0 unspecified atom stereocenters. The Balaban J connectivity index is 1.54. The molecule has 0 bridgehead atoms. The normalized spacial score (nSPS) is 13.8. The summed E-state index contributed by atoms with van der Waals surface area (Å²) in [4.78, 5) is 18.3. The molecular weight excluding hydrogens is 320 g/mol. The molecule has 3 aromatic rings. The van der Waals surface area contributed by atoms with Crippen molar-refractivity contribution < 1.29 is 9.53 Å². The number of nitrogens with zero attached hydrogens (tertiary/aromatic N) is 2. The first-order valence-electron chi connectivity index (χ1n) is 8.09. The minimum Gasteiger partial charge on any atom is -0.486 e. The van der Waals surface area contributed by atoms with Gasteiger partial charge in [0.15, 0.2) is 0 Å². The van der Waals surface area contributed by atoms with Crippen molar-refractivity contribution in [2.24, 2.45) is 0 Å². The second-order valence-electron chi connectivity index (χ2n) is 5.93. The van der Waals surface area contributed by atoms with Crippen molar-refractivity contribution in [2.75, 3.05) is 11.4 Å². The molecule has 122 valence electrons. The van der Waals surface area contributed by atoms with E-state index in [2.05, 4.69) is 17.1 Å². The van der Waals surface area contributed by atoms with Gasteiger partial charge in [-0.3, -0.25) is 4.79 Å². The van der Waals surface area contributed by atoms with Crippen LogP contribution in [0.15, 0.2) is 42.5 Å². The minimum absolute atomic E-state index is 0.0827. The van der Waals surface area contributed by atoms with Gasteiger partial charge in [-0.25, -0.2) is 4.98 Å². The van der Waals surface area contributed by atoms with E-state index in [9.17, 15) is 4.79 Å². The van der Waals surface area contributed by atoms with Gasteiger partial charge in [-0.05, 0) is 36.6 Å². The number of rotatable bonds is 3. The highest BCUT2D eigenvalue weighted by atomic mass is 32.1. The Kier molecular flexibility index (Phi) is 3.94. The third-order valence-corrected chi connectivity index (χ3v) is 5.27. The SMILES string of the molecule is CC(=O)N1CCCc2ccc(OCc3nc4ccccc4s3)cc21. The van der Waals surface area contributed by atoms with Crippen LogP contribution in [-0.2, 0) is 17.8 Å². The molecule has 1 aromatic heterocycles. The van der Waals surface area contributed by atoms with Gasteiger partial charge in [0.25, 0.3) is 0 Å². The lowest BCUT2D eigenvalue weighted by atomic mass is 10.0. The predicted octanol–water partition coefficient (Wildman–Crippen LogP) is 4.17. The lowest BCUT2D eigenvalue weighted by molar-refractivity contribution is -0.116. The van der Waals surface area contributed by atoms with Gasteiger partial charge in [-0.2, -0.15) is 0 Å². The van der Waals surface area contributed by atoms with Crippen LogP contribution in [0.3, 0.4) is 0 Å². The summed E-state index contributed by atoms with van der Waals surface area (Å²) in [6.45, 7) is 2.84. The average Bonchev–Trinajstić information content (AvgIpc) is 3.02. The zero-order valence-corrected chi connectivity index (χ0v) is 14.3. The van der Waals surface area contributed by atoms with Gasteiger partial charge >= 0.3 is 0 Å². The van der Waals surface area contributed by atoms with Crippen molar-refractivity contribution >= 4 is 33.1 Å². The van der Waals surface area contributed by atoms with Crippen molar-refractivity contribution in [1.82, 2.24) is 4.98 Å². The second-order valence-corrected chi connectivity index (χ2v) is 7.04. The number of aryl methyl sites for hydroxylation is 1. The maximum absolute atomic E-state index is 11.8. The van der Waals surface area contributed by atoms with Crippen LogP contribution in [0.5, 0.6) is 5.75 Å². The summed E-state index contributed by atoms with van der Waals surface area (Å²) < 4.78 is 7.10. The Bertz CT molecular complexity index is 870. The summed E-state index contributed by atoms with van der Waals surface area (Å²) in [6, 6.07) is 14.1. The van der Waals surface area contributed by atoms with E-state index >= 15 is 0 Å². The quantitative estimate of drug-likeness (QED) is 0.720. The number of thiazole rings is 1. The summed E-state index contributed by atoms with van der Waals surface area (Å²) >= 11 is 1.65. The van der Waals surface area contributed by atoms with E-state index in [1.807, 2.05) is 35.2 Å². The van der Waals surface area contributed by atoms with Crippen molar-refractivity contribution in [3.05, 3.63) is 53.0 Å². The van der Waals surface area contributed by atoms with E-state index in [-0.39, 0.29) is 5.91 Å². The zero-order chi connectivity index (χ0) is 16.5. The molecule has 24 heavy (non-hydrogen) atoms. The smallest absolute Gasteiger partial charge is 0.223 e. The Labute approximate surface area is 144 Å². The molecule has 1 aliphatic heterocycles. The van der Waals surface area contributed by atoms with E-state index < -0.39 is 0 Å². The molecule has 5 heteroatoms. The number of carbonyl (C=O) groups is 1. The molecule has 0 saturated heterocycles. The summed E-state index contributed by atoms with van der Waals surface area (Å²) in [5.74, 6) is 0.862. The molecule has 2 heterocycles. The van der Waals surface area contributed by atoms with Crippen molar-refractivity contribution in [1.29, 1.82) is 0 Å². The topological polar surface area (TPSA) is 42.4 Å². The van der Waals surface area contributed by atoms with Crippen LogP contribution in [-0.4, -0.2) is 17.4 Å². The fourth-order valence-corrected chi connectivity index (χ4v) is 3.98. The summed E-state index contributed by atoms with van der Waals surface area (Å²) in [5.41, 5.74) is 3.20. The first-order chi connectivity index (χ1) is 11.7. The zero-order valence-electron chi connectivity index (χ0n) is 13.5. The van der Waals surface area contributed by atoms with E-state index in [1.165, 1.54) is 10.3 Å². The Hall–Kier alpha value is -2.40. The van der Waals surface area contributed by atoms with Crippen molar-refractivity contribution in [3.63, 3.8) is 0 Å². The van der Waals surface area contributed by atoms with Crippen molar-refractivity contribution in [3.8, 4) is 5.75 Å². The fraction of sp³-hybridized carbons (Fsp3) is 0.263. The molecule has 2 aromatic carbocycles. The first kappa shape index (κ1) is 15.1. The van der Waals surface area contributed by atoms with Crippen LogP contribution in [0.2, 0.25) is 0 Å². The van der Waals surface area contributed by atoms with E-state index in [4.69, 9.17) is 4.74 Å². The van der Waals surface area contributed by atoms with Gasteiger partial charge in [0, 0.05) is 19.5 Å². The number of carbonyl (C=O) groups excluding carboxylic acids is 1. The Morgan fingerprint density at radius 1 is 1.29 bits per heavy atom. The number of aromatic nitrogens is 1. The van der Waals surface area contributed by atoms with Crippen LogP contribution < -0.4 is 9.64 Å². The highest BCUT2D eigenvalue weighted by molar-refractivity contribution is 7.18. The molecular formula is C19H18N2O2S. The van der Waals surface area contributed by atoms with Gasteiger partial charge in [-0.15, -0.1) is 11.3 Å². The highest BCUT2D eigenvalue weighted by Gasteiger charge is 2.20. The fourth-order valence-electron chi connectivity index (χ4n) is 3.10. The first-order valence-corrected chi connectivity index (χ1v) is 8.90. The lowest BCUT2D eigenvalue weighted by Crippen LogP contribution is -2.33. The number of para-hydroxylation sites is 1. The standard InChI is InChI=1S/C19H18N2O2S/c1-13(22)21-10-4-5-14-8-9-15(11-17(14)21)23-12-19-20-16-6-2-3-7-18(16)24-19/h2-3,6-9,11H,4-5,10,12H2,1H3. The van der Waals surface area contributed by atoms with Gasteiger partial charge in [0.2, 0.25) is 5.91 Å². The molecule has 0 radical (unpaired) electrons. The molecule has 4 nitrogen and oxygen atoms in total. The van der Waals surface area contributed by atoms with Crippen LogP contribution in [0.1, 0.15) is 23.9 Å². The second kappa shape index (κ2) is 6.24. The number of amides is 1. The van der Waals surface area contributed by atoms with E-state index in [0.717, 1.165) is 41.3 Å². The van der Waals surface area contributed by atoms with Gasteiger partial charge in [0.05, 0.1) is 15.9 Å². The molecule has 0 saturated carbocycles. The minimum atomic E-state index is 0.0827. The molecule has 1 amide bonds. The number of anilines is 1. The van der Waals surface area contributed by atoms with Crippen LogP contribution >= 0.6 is 11.3 Å². The third kappa shape index (κ3) is 2.87. The van der Waals surface area contributed by atoms with Crippen LogP contribution in [0.25, 0.3) is 10.2 Å². The van der Waals surface area contributed by atoms with E-state index in [1.54, 1.807) is 18.3 Å². The monoisotopic (exact) mass is 338 g/mol. The average molecular weight is 338 g/mol. The molecule has 0 fully saturated rings. The van der Waals surface area contributed by atoms with Gasteiger partial charge in [-0.1, -0.05) is 18.2 Å². The summed E-state index contributed by atoms with van der Waals surface area (Å²) in [7, 11) is 0. The number of ether oxygens (including phenoxy) is 1. The highest BCUT2D eigenvalue weighted by Crippen LogP contribution is 2.31. The largest absolute Gasteiger partial charge is 0.486 e. The molecule has 0 N–H and O–H groups in total. The lowest BCUT2D eigenvalue weighted by Gasteiger charge is -2.28. The Morgan fingerprint density at radius 2 is 2.17 bits per heavy atom. The van der Waals surface area contributed by atoms with Gasteiger partial charge < -0.3 is 9.64 Å². The summed E-state index contributed by atoms with van der Waals surface area (Å²) in [6.07, 6.45) is 2.02. The van der Waals surface area contributed by atoms with E-state index in [0.29, 0.717) is 6.61 Å². The molecule has 4 rings (SSSR count).